The Kier molecular flexibility index (Phi) is 3.34. The highest BCUT2D eigenvalue weighted by atomic mass is 16.4. The van der Waals surface area contributed by atoms with E-state index in [0.29, 0.717) is 12.6 Å². The lowest BCUT2D eigenvalue weighted by molar-refractivity contribution is 0.147. The third kappa shape index (κ3) is 2.70. The van der Waals surface area contributed by atoms with Gasteiger partial charge in [-0.3, -0.25) is 5.10 Å². The number of aromatic nitrogens is 3. The van der Waals surface area contributed by atoms with Gasteiger partial charge in [0.05, 0.1) is 11.8 Å². The van der Waals surface area contributed by atoms with Gasteiger partial charge in [0.2, 0.25) is 0 Å². The molecule has 0 saturated carbocycles. The first-order chi connectivity index (χ1) is 11.1. The molecule has 2 aromatic heterocycles. The minimum Gasteiger partial charge on any atom is -0.423 e. The maximum atomic E-state index is 10.4. The van der Waals surface area contributed by atoms with Crippen molar-refractivity contribution in [2.24, 2.45) is 5.92 Å². The molecule has 0 aliphatic carbocycles. The quantitative estimate of drug-likeness (QED) is 0.775. The Morgan fingerprint density at radius 1 is 1.30 bits per heavy atom. The Morgan fingerprint density at radius 3 is 2.96 bits per heavy atom. The van der Waals surface area contributed by atoms with Crippen molar-refractivity contribution in [1.29, 1.82) is 0 Å². The number of nitrogens with one attached hydrogen (secondary N) is 1. The van der Waals surface area contributed by atoms with E-state index >= 15 is 0 Å². The molecule has 0 spiro atoms. The second-order valence-electron chi connectivity index (χ2n) is 6.45. The highest BCUT2D eigenvalue weighted by Crippen LogP contribution is 2.29. The summed E-state index contributed by atoms with van der Waals surface area (Å²) in [4.78, 5) is 6.58. The third-order valence-corrected chi connectivity index (χ3v) is 4.44. The maximum absolute atomic E-state index is 10.4. The number of β-amino-alcohol motifs (C(OH)–C–C–N with tert-alkyl or cyclic N) is 1. The maximum Gasteiger partial charge on any atom is 0.298 e. The first-order valence-electron chi connectivity index (χ1n) is 7.89. The molecular formula is C17H20N4O2. The lowest BCUT2D eigenvalue weighted by Crippen LogP contribution is -2.21. The van der Waals surface area contributed by atoms with Gasteiger partial charge in [-0.1, -0.05) is 6.07 Å². The molecule has 6 nitrogen and oxygen atoms in total. The predicted molar refractivity (Wildman–Crippen MR) is 87.5 cm³/mol. The van der Waals surface area contributed by atoms with E-state index in [0.717, 1.165) is 41.0 Å². The molecule has 2 atom stereocenters. The Balaban J connectivity index is 1.53. The number of oxazole rings is 1. The van der Waals surface area contributed by atoms with Gasteiger partial charge in [-0.15, -0.1) is 0 Å². The van der Waals surface area contributed by atoms with Crippen LogP contribution in [0.4, 0.5) is 6.01 Å². The van der Waals surface area contributed by atoms with Crippen molar-refractivity contribution in [2.75, 3.05) is 18.0 Å². The molecule has 0 radical (unpaired) electrons. The third-order valence-electron chi connectivity index (χ3n) is 4.44. The number of rotatable bonds is 3. The Labute approximate surface area is 134 Å². The molecule has 4 rings (SSSR count). The molecule has 0 amide bonds. The van der Waals surface area contributed by atoms with Crippen LogP contribution in [0, 0.1) is 19.8 Å². The number of fused-ring (bicyclic) bond motifs is 1. The SMILES string of the molecule is Cc1ccc2oc(N3C[C@@H](Cc4cc(C)[nH]n4)[C@H](O)C3)nc2c1. The number of aliphatic hydroxyl groups excluding tert-OH is 1. The fourth-order valence-electron chi connectivity index (χ4n) is 3.22. The second kappa shape index (κ2) is 5.38. The molecule has 1 fully saturated rings. The molecule has 1 aliphatic heterocycles. The molecule has 1 aromatic carbocycles. The van der Waals surface area contributed by atoms with Crippen LogP contribution < -0.4 is 4.90 Å². The number of benzene rings is 1. The summed E-state index contributed by atoms with van der Waals surface area (Å²) in [7, 11) is 0. The summed E-state index contributed by atoms with van der Waals surface area (Å²) >= 11 is 0. The van der Waals surface area contributed by atoms with Crippen molar-refractivity contribution in [3.8, 4) is 0 Å². The summed E-state index contributed by atoms with van der Waals surface area (Å²) in [5.74, 6) is 0.134. The smallest absolute Gasteiger partial charge is 0.298 e. The van der Waals surface area contributed by atoms with Gasteiger partial charge < -0.3 is 14.4 Å². The standard InChI is InChI=1S/C17H20N4O2/c1-10-3-4-16-14(5-10)18-17(23-16)21-8-12(15(22)9-21)7-13-6-11(2)19-20-13/h3-6,12,15,22H,7-9H2,1-2H3,(H,19,20)/t12-,15-/m1/s1. The number of H-pyrrole nitrogens is 1. The normalized spacial score (nSPS) is 21.4. The highest BCUT2D eigenvalue weighted by molar-refractivity contribution is 5.75. The number of aliphatic hydroxyl groups is 1. The number of aryl methyl sites for hydroxylation is 2. The zero-order chi connectivity index (χ0) is 16.0. The topological polar surface area (TPSA) is 78.2 Å². The van der Waals surface area contributed by atoms with Gasteiger partial charge in [-0.2, -0.15) is 10.1 Å². The number of hydrogen-bond acceptors (Lipinski definition) is 5. The lowest BCUT2D eigenvalue weighted by atomic mass is 10.0. The Bertz CT molecular complexity index is 838. The van der Waals surface area contributed by atoms with Crippen LogP contribution in [0.2, 0.25) is 0 Å². The van der Waals surface area contributed by atoms with Crippen LogP contribution >= 0.6 is 0 Å². The number of aromatic amines is 1. The van der Waals surface area contributed by atoms with Gasteiger partial charge in [0.25, 0.3) is 6.01 Å². The lowest BCUT2D eigenvalue weighted by Gasteiger charge is -2.12. The molecule has 3 aromatic rings. The van der Waals surface area contributed by atoms with Crippen LogP contribution in [-0.2, 0) is 6.42 Å². The van der Waals surface area contributed by atoms with Crippen molar-refractivity contribution < 1.29 is 9.52 Å². The van der Waals surface area contributed by atoms with Gasteiger partial charge in [-0.25, -0.2) is 0 Å². The van der Waals surface area contributed by atoms with Crippen LogP contribution in [0.3, 0.4) is 0 Å². The van der Waals surface area contributed by atoms with E-state index in [9.17, 15) is 5.11 Å². The average molecular weight is 312 g/mol. The van der Waals surface area contributed by atoms with E-state index in [-0.39, 0.29) is 5.92 Å². The van der Waals surface area contributed by atoms with Crippen molar-refractivity contribution >= 4 is 17.1 Å². The van der Waals surface area contributed by atoms with Gasteiger partial charge in [-0.05, 0) is 44.0 Å². The highest BCUT2D eigenvalue weighted by Gasteiger charge is 2.34. The van der Waals surface area contributed by atoms with Crippen molar-refractivity contribution in [1.82, 2.24) is 15.2 Å². The molecule has 120 valence electrons. The zero-order valence-electron chi connectivity index (χ0n) is 13.3. The minimum absolute atomic E-state index is 0.134. The Hall–Kier alpha value is -2.34. The summed E-state index contributed by atoms with van der Waals surface area (Å²) in [6, 6.07) is 8.58. The van der Waals surface area contributed by atoms with E-state index in [1.807, 2.05) is 43.0 Å². The van der Waals surface area contributed by atoms with Gasteiger partial charge in [0, 0.05) is 24.7 Å². The average Bonchev–Trinajstić information content (AvgIpc) is 3.19. The summed E-state index contributed by atoms with van der Waals surface area (Å²) in [5.41, 5.74) is 4.83. The van der Waals surface area contributed by atoms with Crippen LogP contribution in [0.15, 0.2) is 28.7 Å². The van der Waals surface area contributed by atoms with Crippen LogP contribution in [0.1, 0.15) is 17.0 Å². The largest absolute Gasteiger partial charge is 0.423 e. The molecule has 3 heterocycles. The van der Waals surface area contributed by atoms with E-state index in [1.165, 1.54) is 0 Å². The van der Waals surface area contributed by atoms with Crippen molar-refractivity contribution in [2.45, 2.75) is 26.4 Å². The second-order valence-corrected chi connectivity index (χ2v) is 6.45. The minimum atomic E-state index is -0.399. The van der Waals surface area contributed by atoms with Crippen LogP contribution in [0.5, 0.6) is 0 Å². The molecule has 23 heavy (non-hydrogen) atoms. The molecule has 2 N–H and O–H groups in total. The van der Waals surface area contributed by atoms with Gasteiger partial charge in [0.15, 0.2) is 5.58 Å². The van der Waals surface area contributed by atoms with E-state index in [4.69, 9.17) is 4.42 Å². The predicted octanol–water partition coefficient (Wildman–Crippen LogP) is 2.21. The summed E-state index contributed by atoms with van der Waals surface area (Å²) in [6.45, 7) is 5.28. The summed E-state index contributed by atoms with van der Waals surface area (Å²) in [5, 5.41) is 17.6. The summed E-state index contributed by atoms with van der Waals surface area (Å²) < 4.78 is 5.84. The fraction of sp³-hybridized carbons (Fsp3) is 0.412. The molecular weight excluding hydrogens is 292 g/mol. The van der Waals surface area contributed by atoms with Crippen LogP contribution in [-0.4, -0.2) is 39.5 Å². The number of hydrogen-bond donors (Lipinski definition) is 2. The van der Waals surface area contributed by atoms with E-state index < -0.39 is 6.10 Å². The van der Waals surface area contributed by atoms with Crippen LogP contribution in [0.25, 0.3) is 11.1 Å². The summed E-state index contributed by atoms with van der Waals surface area (Å²) in [6.07, 6.45) is 0.352. The first-order valence-corrected chi connectivity index (χ1v) is 7.89. The Morgan fingerprint density at radius 2 is 2.17 bits per heavy atom. The van der Waals surface area contributed by atoms with E-state index in [1.54, 1.807) is 0 Å². The van der Waals surface area contributed by atoms with Gasteiger partial charge in [0.1, 0.15) is 5.52 Å². The van der Waals surface area contributed by atoms with E-state index in [2.05, 4.69) is 15.2 Å². The molecule has 0 unspecified atom stereocenters. The monoisotopic (exact) mass is 312 g/mol. The van der Waals surface area contributed by atoms with Crippen molar-refractivity contribution in [3.05, 3.63) is 41.2 Å². The number of nitrogens with zero attached hydrogens (tertiary/aromatic N) is 3. The fourth-order valence-corrected chi connectivity index (χ4v) is 3.22. The molecule has 1 aliphatic rings. The van der Waals surface area contributed by atoms with Gasteiger partial charge >= 0.3 is 0 Å². The molecule has 6 heteroatoms. The zero-order valence-corrected chi connectivity index (χ0v) is 13.3. The number of anilines is 1. The molecule has 1 saturated heterocycles. The molecule has 0 bridgehead atoms. The van der Waals surface area contributed by atoms with Crippen molar-refractivity contribution in [3.63, 3.8) is 0 Å². The first kappa shape index (κ1) is 14.3.